The van der Waals surface area contributed by atoms with Crippen LogP contribution in [0.4, 0.5) is 11.6 Å². The second kappa shape index (κ2) is 7.67. The number of nitrogens with one attached hydrogen (secondary N) is 2. The molecule has 30 heavy (non-hydrogen) atoms. The molecule has 2 N–H and O–H groups in total. The second-order valence-corrected chi connectivity index (χ2v) is 8.62. The number of piperidine rings is 1. The molecule has 0 amide bonds. The summed E-state index contributed by atoms with van der Waals surface area (Å²) in [5.41, 5.74) is 4.18. The van der Waals surface area contributed by atoms with Gasteiger partial charge in [0.2, 0.25) is 5.65 Å². The van der Waals surface area contributed by atoms with Gasteiger partial charge in [0.1, 0.15) is 11.3 Å². The first kappa shape index (κ1) is 19.5. The lowest BCUT2D eigenvalue weighted by Gasteiger charge is -2.39. The van der Waals surface area contributed by atoms with E-state index >= 15 is 0 Å². The molecule has 158 valence electrons. The Bertz CT molecular complexity index is 1070. The molecule has 2 aliphatic rings. The van der Waals surface area contributed by atoms with Crippen molar-refractivity contribution in [2.45, 2.75) is 33.1 Å². The quantitative estimate of drug-likeness (QED) is 0.653. The zero-order chi connectivity index (χ0) is 20.7. The Morgan fingerprint density at radius 1 is 1.27 bits per heavy atom. The number of hydrogen-bond donors (Lipinski definition) is 2. The summed E-state index contributed by atoms with van der Waals surface area (Å²) in [5.74, 6) is 1.57. The van der Waals surface area contributed by atoms with E-state index in [1.54, 1.807) is 6.20 Å². The summed E-state index contributed by atoms with van der Waals surface area (Å²) in [4.78, 5) is 16.4. The number of anilines is 2. The van der Waals surface area contributed by atoms with Crippen molar-refractivity contribution in [3.8, 4) is 11.3 Å². The molecule has 0 saturated carbocycles. The normalized spacial score (nSPS) is 18.4. The van der Waals surface area contributed by atoms with Gasteiger partial charge in [-0.1, -0.05) is 11.6 Å². The molecule has 9 heteroatoms. The number of pyridine rings is 1. The molecular formula is C21H26ClN7O. The van der Waals surface area contributed by atoms with Crippen molar-refractivity contribution in [2.75, 3.05) is 43.1 Å². The predicted molar refractivity (Wildman–Crippen MR) is 118 cm³/mol. The second-order valence-electron chi connectivity index (χ2n) is 8.24. The third-order valence-corrected chi connectivity index (χ3v) is 6.73. The molecule has 0 aromatic carbocycles. The predicted octanol–water partition coefficient (Wildman–Crippen LogP) is 3.82. The maximum atomic E-state index is 6.59. The Kier molecular flexibility index (Phi) is 4.99. The molecule has 2 saturated heterocycles. The van der Waals surface area contributed by atoms with Crippen LogP contribution in [0.3, 0.4) is 0 Å². The van der Waals surface area contributed by atoms with Crippen molar-refractivity contribution < 1.29 is 4.74 Å². The number of ether oxygens (including phenoxy) is 1. The van der Waals surface area contributed by atoms with Crippen molar-refractivity contribution >= 4 is 34.4 Å². The number of H-pyrrole nitrogens is 1. The molecule has 8 nitrogen and oxygen atoms in total. The van der Waals surface area contributed by atoms with E-state index in [9.17, 15) is 0 Å². The van der Waals surface area contributed by atoms with Crippen LogP contribution in [-0.4, -0.2) is 58.0 Å². The molecule has 0 aliphatic carbocycles. The van der Waals surface area contributed by atoms with Crippen molar-refractivity contribution in [1.29, 1.82) is 0 Å². The fourth-order valence-electron chi connectivity index (χ4n) is 4.56. The summed E-state index contributed by atoms with van der Waals surface area (Å²) in [6.45, 7) is 8.51. The van der Waals surface area contributed by atoms with Gasteiger partial charge in [0, 0.05) is 38.0 Å². The molecule has 5 rings (SSSR count). The van der Waals surface area contributed by atoms with Gasteiger partial charge < -0.3 is 15.0 Å². The first-order valence-corrected chi connectivity index (χ1v) is 10.9. The molecule has 3 aromatic heterocycles. The van der Waals surface area contributed by atoms with Crippen LogP contribution in [0.5, 0.6) is 0 Å². The van der Waals surface area contributed by atoms with E-state index in [4.69, 9.17) is 26.3 Å². The van der Waals surface area contributed by atoms with Gasteiger partial charge in [-0.2, -0.15) is 5.10 Å². The molecule has 2 fully saturated rings. The summed E-state index contributed by atoms with van der Waals surface area (Å²) in [5, 5.41) is 11.3. The Balaban J connectivity index is 1.46. The van der Waals surface area contributed by atoms with Gasteiger partial charge in [0.05, 0.1) is 23.0 Å². The fraction of sp³-hybridized carbons (Fsp3) is 0.524. The molecular weight excluding hydrogens is 402 g/mol. The molecule has 2 aliphatic heterocycles. The van der Waals surface area contributed by atoms with Gasteiger partial charge in [-0.3, -0.25) is 5.10 Å². The van der Waals surface area contributed by atoms with Gasteiger partial charge in [-0.05, 0) is 44.6 Å². The molecule has 0 atom stereocenters. The van der Waals surface area contributed by atoms with Gasteiger partial charge in [0.25, 0.3) is 0 Å². The lowest BCUT2D eigenvalue weighted by atomic mass is 9.78. The summed E-state index contributed by atoms with van der Waals surface area (Å²) in [7, 11) is 0. The van der Waals surface area contributed by atoms with Crippen LogP contribution < -0.4 is 10.2 Å². The largest absolute Gasteiger partial charge is 0.381 e. The maximum absolute atomic E-state index is 6.59. The smallest absolute Gasteiger partial charge is 0.202 e. The lowest BCUT2D eigenvalue weighted by Crippen LogP contribution is -2.41. The van der Waals surface area contributed by atoms with Gasteiger partial charge in [0.15, 0.2) is 5.82 Å². The number of hydrogen-bond acceptors (Lipinski definition) is 7. The highest BCUT2D eigenvalue weighted by Gasteiger charge is 2.38. The topological polar surface area (TPSA) is 91.9 Å². The van der Waals surface area contributed by atoms with Gasteiger partial charge >= 0.3 is 0 Å². The highest BCUT2D eigenvalue weighted by Crippen LogP contribution is 2.40. The van der Waals surface area contributed by atoms with Gasteiger partial charge in [-0.15, -0.1) is 0 Å². The van der Waals surface area contributed by atoms with E-state index in [1.165, 1.54) is 6.42 Å². The average molecular weight is 428 g/mol. The van der Waals surface area contributed by atoms with Gasteiger partial charge in [-0.25, -0.2) is 15.0 Å². The van der Waals surface area contributed by atoms with E-state index < -0.39 is 0 Å². The molecule has 0 bridgehead atoms. The highest BCUT2D eigenvalue weighted by atomic mass is 35.5. The van der Waals surface area contributed by atoms with Crippen molar-refractivity contribution in [3.63, 3.8) is 0 Å². The first-order valence-electron chi connectivity index (χ1n) is 10.5. The van der Waals surface area contributed by atoms with Crippen LogP contribution in [0.1, 0.15) is 31.9 Å². The lowest BCUT2D eigenvalue weighted by molar-refractivity contribution is 0.133. The number of nitrogens with zero attached hydrogens (tertiary/aromatic N) is 5. The number of aryl methyl sites for hydroxylation is 1. The molecule has 3 aromatic rings. The minimum Gasteiger partial charge on any atom is -0.381 e. The number of rotatable bonds is 4. The minimum absolute atomic E-state index is 0.365. The zero-order valence-electron chi connectivity index (χ0n) is 17.3. The van der Waals surface area contributed by atoms with E-state index in [0.717, 1.165) is 74.0 Å². The fourth-order valence-corrected chi connectivity index (χ4v) is 4.83. The van der Waals surface area contributed by atoms with Crippen LogP contribution in [0.2, 0.25) is 5.02 Å². The Labute approximate surface area is 180 Å². The van der Waals surface area contributed by atoms with Crippen molar-refractivity contribution in [2.24, 2.45) is 5.41 Å². The monoisotopic (exact) mass is 427 g/mol. The average Bonchev–Trinajstić information content (AvgIpc) is 3.37. The first-order chi connectivity index (χ1) is 14.6. The molecule has 0 unspecified atom stereocenters. The summed E-state index contributed by atoms with van der Waals surface area (Å²) < 4.78 is 5.66. The summed E-state index contributed by atoms with van der Waals surface area (Å²) in [6.07, 6.45) is 5.18. The van der Waals surface area contributed by atoms with Crippen LogP contribution in [-0.2, 0) is 4.74 Å². The molecule has 0 radical (unpaired) electrons. The molecule has 1 spiro atoms. The number of aromatic amines is 1. The highest BCUT2D eigenvalue weighted by molar-refractivity contribution is 6.35. The van der Waals surface area contributed by atoms with E-state index in [1.807, 2.05) is 19.9 Å². The maximum Gasteiger partial charge on any atom is 0.202 e. The van der Waals surface area contributed by atoms with E-state index in [2.05, 4.69) is 25.4 Å². The Morgan fingerprint density at radius 3 is 2.83 bits per heavy atom. The Hall–Kier alpha value is -2.45. The SMILES string of the molecule is CCNc1nccc(-c2[nH]nc3nc(N4CCC5(CCOC5)CC4)c(C)nc23)c1Cl. The number of halogens is 1. The van der Waals surface area contributed by atoms with Crippen LogP contribution >= 0.6 is 11.6 Å². The van der Waals surface area contributed by atoms with Crippen LogP contribution in [0.15, 0.2) is 12.3 Å². The Morgan fingerprint density at radius 2 is 2.10 bits per heavy atom. The van der Waals surface area contributed by atoms with E-state index in [0.29, 0.717) is 21.9 Å². The summed E-state index contributed by atoms with van der Waals surface area (Å²) in [6, 6.07) is 1.87. The number of aromatic nitrogens is 5. The third kappa shape index (κ3) is 3.28. The standard InChI is InChI=1S/C21H26ClN7O/c1-3-23-18-15(22)14(4-8-24-18)16-17-19(28-27-16)26-20(13(2)25-17)29-9-5-21(6-10-29)7-11-30-12-21/h4,8H,3,5-7,9-12H2,1-2H3,(H,23,24)(H,26,27,28). The third-order valence-electron chi connectivity index (χ3n) is 6.35. The van der Waals surface area contributed by atoms with Crippen LogP contribution in [0, 0.1) is 12.3 Å². The van der Waals surface area contributed by atoms with E-state index in [-0.39, 0.29) is 0 Å². The van der Waals surface area contributed by atoms with Crippen molar-refractivity contribution in [1.82, 2.24) is 25.1 Å². The number of fused-ring (bicyclic) bond motifs is 1. The zero-order valence-corrected chi connectivity index (χ0v) is 18.1. The minimum atomic E-state index is 0.365. The summed E-state index contributed by atoms with van der Waals surface area (Å²) >= 11 is 6.59. The van der Waals surface area contributed by atoms with Crippen LogP contribution in [0.25, 0.3) is 22.4 Å². The molecule has 5 heterocycles. The van der Waals surface area contributed by atoms with Crippen molar-refractivity contribution in [3.05, 3.63) is 23.0 Å².